The fraction of sp³-hybridized carbons (Fsp3) is 0.273. The summed E-state index contributed by atoms with van der Waals surface area (Å²) in [6.45, 7) is 0. The maximum atomic E-state index is 13.0. The second-order valence-corrected chi connectivity index (χ2v) is 5.81. The number of anilines is 1. The molecule has 2 rings (SSSR count). The molecule has 1 aliphatic rings. The third kappa shape index (κ3) is 3.11. The number of carbonyl (C=O) groups is 2. The number of carboxylic acid groups (broad SMARTS) is 1. The molecule has 0 aliphatic carbocycles. The van der Waals surface area contributed by atoms with Gasteiger partial charge < -0.3 is 15.3 Å². The van der Waals surface area contributed by atoms with Crippen LogP contribution in [0.5, 0.6) is 0 Å². The largest absolute Gasteiger partial charge is 0.480 e. The highest BCUT2D eigenvalue weighted by Gasteiger charge is 2.35. The molecule has 1 heterocycles. The van der Waals surface area contributed by atoms with Crippen LogP contribution >= 0.6 is 35.0 Å². The molecule has 1 saturated heterocycles. The number of benzene rings is 1. The Morgan fingerprint density at radius 2 is 2.00 bits per heavy atom. The van der Waals surface area contributed by atoms with E-state index in [-0.39, 0.29) is 21.6 Å². The number of carbonyl (C=O) groups excluding carboxylic acids is 1. The number of aliphatic carboxylic acids is 1. The van der Waals surface area contributed by atoms with Crippen molar-refractivity contribution in [2.24, 2.45) is 0 Å². The Morgan fingerprint density at radius 3 is 2.55 bits per heavy atom. The lowest BCUT2D eigenvalue weighted by Gasteiger charge is -2.21. The van der Waals surface area contributed by atoms with Gasteiger partial charge in [0.25, 0.3) is 0 Å². The van der Waals surface area contributed by atoms with Gasteiger partial charge in [-0.3, -0.25) is 0 Å². The Morgan fingerprint density at radius 1 is 1.40 bits per heavy atom. The van der Waals surface area contributed by atoms with Gasteiger partial charge in [0.2, 0.25) is 0 Å². The van der Waals surface area contributed by atoms with E-state index in [2.05, 4.69) is 5.32 Å². The van der Waals surface area contributed by atoms with Gasteiger partial charge in [-0.2, -0.15) is 0 Å². The van der Waals surface area contributed by atoms with E-state index in [1.165, 1.54) is 11.8 Å². The minimum atomic E-state index is -1.08. The summed E-state index contributed by atoms with van der Waals surface area (Å²) in [7, 11) is 0. The zero-order valence-electron chi connectivity index (χ0n) is 9.90. The van der Waals surface area contributed by atoms with E-state index in [0.717, 1.165) is 17.0 Å². The minimum Gasteiger partial charge on any atom is -0.480 e. The van der Waals surface area contributed by atoms with E-state index in [4.69, 9.17) is 28.3 Å². The van der Waals surface area contributed by atoms with Crippen LogP contribution in [-0.2, 0) is 4.79 Å². The van der Waals surface area contributed by atoms with Crippen LogP contribution in [0.2, 0.25) is 10.0 Å². The molecule has 20 heavy (non-hydrogen) atoms. The van der Waals surface area contributed by atoms with Crippen molar-refractivity contribution in [3.8, 4) is 0 Å². The summed E-state index contributed by atoms with van der Waals surface area (Å²) < 4.78 is 13.0. The highest BCUT2D eigenvalue weighted by atomic mass is 35.5. The predicted molar refractivity (Wildman–Crippen MR) is 76.0 cm³/mol. The van der Waals surface area contributed by atoms with Crippen molar-refractivity contribution in [3.63, 3.8) is 0 Å². The molecule has 1 atom stereocenters. The van der Waals surface area contributed by atoms with Gasteiger partial charge in [-0.15, -0.1) is 11.8 Å². The third-order valence-electron chi connectivity index (χ3n) is 2.67. The zero-order chi connectivity index (χ0) is 14.9. The van der Waals surface area contributed by atoms with Crippen molar-refractivity contribution < 1.29 is 19.1 Å². The van der Waals surface area contributed by atoms with Crippen molar-refractivity contribution >= 4 is 52.7 Å². The average Bonchev–Trinajstić information content (AvgIpc) is 2.82. The van der Waals surface area contributed by atoms with Gasteiger partial charge in [-0.25, -0.2) is 14.0 Å². The molecule has 5 nitrogen and oxygen atoms in total. The number of thioether (sulfide) groups is 1. The summed E-state index contributed by atoms with van der Waals surface area (Å²) in [5.74, 6) is -1.15. The first kappa shape index (κ1) is 15.2. The van der Waals surface area contributed by atoms with Gasteiger partial charge in [0.1, 0.15) is 11.9 Å². The van der Waals surface area contributed by atoms with Crippen molar-refractivity contribution in [1.82, 2.24) is 4.90 Å². The lowest BCUT2D eigenvalue weighted by molar-refractivity contribution is -0.140. The topological polar surface area (TPSA) is 69.6 Å². The van der Waals surface area contributed by atoms with Crippen LogP contribution in [0.25, 0.3) is 0 Å². The molecular weight excluding hydrogens is 330 g/mol. The van der Waals surface area contributed by atoms with Crippen LogP contribution < -0.4 is 5.32 Å². The van der Waals surface area contributed by atoms with Crippen molar-refractivity contribution in [2.75, 3.05) is 16.9 Å². The first-order valence-corrected chi connectivity index (χ1v) is 7.34. The third-order valence-corrected chi connectivity index (χ3v) is 4.28. The van der Waals surface area contributed by atoms with E-state index >= 15 is 0 Å². The molecule has 0 spiro atoms. The molecule has 1 fully saturated rings. The normalized spacial score (nSPS) is 18.1. The van der Waals surface area contributed by atoms with Crippen LogP contribution in [-0.4, -0.2) is 39.7 Å². The second kappa shape index (κ2) is 6.07. The molecule has 2 amide bonds. The molecule has 1 aliphatic heterocycles. The maximum absolute atomic E-state index is 13.0. The molecule has 0 saturated carbocycles. The zero-order valence-corrected chi connectivity index (χ0v) is 12.2. The summed E-state index contributed by atoms with van der Waals surface area (Å²) in [6, 6.07) is 0.475. The van der Waals surface area contributed by atoms with Gasteiger partial charge in [-0.1, -0.05) is 23.2 Å². The summed E-state index contributed by atoms with van der Waals surface area (Å²) in [6.07, 6.45) is 0. The number of halogens is 3. The van der Waals surface area contributed by atoms with Crippen LogP contribution in [0.3, 0.4) is 0 Å². The van der Waals surface area contributed by atoms with Crippen molar-refractivity contribution in [2.45, 2.75) is 6.04 Å². The SMILES string of the molecule is O=C(O)[C@@H]1CSCN1C(=O)Nc1c(Cl)cc(F)cc1Cl. The van der Waals surface area contributed by atoms with Crippen LogP contribution in [0.15, 0.2) is 12.1 Å². The first-order chi connectivity index (χ1) is 9.40. The number of nitrogens with one attached hydrogen (secondary N) is 1. The average molecular weight is 339 g/mol. The van der Waals surface area contributed by atoms with Gasteiger partial charge in [0.15, 0.2) is 0 Å². The predicted octanol–water partition coefficient (Wildman–Crippen LogP) is 3.12. The molecule has 9 heteroatoms. The molecule has 0 aromatic heterocycles. The summed E-state index contributed by atoms with van der Waals surface area (Å²) >= 11 is 12.9. The van der Waals surface area contributed by atoms with Crippen molar-refractivity contribution in [3.05, 3.63) is 28.0 Å². The Kier molecular flexibility index (Phi) is 4.62. The van der Waals surface area contributed by atoms with Crippen molar-refractivity contribution in [1.29, 1.82) is 0 Å². The smallest absolute Gasteiger partial charge is 0.327 e. The fourth-order valence-electron chi connectivity index (χ4n) is 1.69. The highest BCUT2D eigenvalue weighted by molar-refractivity contribution is 7.99. The Bertz CT molecular complexity index is 550. The highest BCUT2D eigenvalue weighted by Crippen LogP contribution is 2.32. The molecular formula is C11H9Cl2FN2O3S. The molecule has 1 aromatic carbocycles. The molecule has 108 valence electrons. The number of hydrogen-bond acceptors (Lipinski definition) is 3. The molecule has 0 unspecified atom stereocenters. The van der Waals surface area contributed by atoms with E-state index < -0.39 is 23.9 Å². The number of hydrogen-bond donors (Lipinski definition) is 2. The number of urea groups is 1. The number of amides is 2. The molecule has 1 aromatic rings. The molecule has 0 radical (unpaired) electrons. The fourth-order valence-corrected chi connectivity index (χ4v) is 3.39. The lowest BCUT2D eigenvalue weighted by Crippen LogP contribution is -2.44. The van der Waals surface area contributed by atoms with E-state index in [0.29, 0.717) is 5.75 Å². The van der Waals surface area contributed by atoms with Gasteiger partial charge in [0.05, 0.1) is 21.6 Å². The molecule has 0 bridgehead atoms. The Labute approximate surface area is 128 Å². The Hall–Kier alpha value is -1.18. The van der Waals surface area contributed by atoms with Gasteiger partial charge in [0, 0.05) is 5.75 Å². The van der Waals surface area contributed by atoms with E-state index in [1.807, 2.05) is 0 Å². The summed E-state index contributed by atoms with van der Waals surface area (Å²) in [5.41, 5.74) is 0.0563. The molecule has 2 N–H and O–H groups in total. The van der Waals surface area contributed by atoms with Crippen LogP contribution in [0, 0.1) is 5.82 Å². The monoisotopic (exact) mass is 338 g/mol. The van der Waals surface area contributed by atoms with Gasteiger partial charge in [-0.05, 0) is 12.1 Å². The number of rotatable bonds is 2. The summed E-state index contributed by atoms with van der Waals surface area (Å²) in [5, 5.41) is 11.3. The second-order valence-electron chi connectivity index (χ2n) is 4.00. The maximum Gasteiger partial charge on any atom is 0.327 e. The standard InChI is InChI=1S/C11H9Cl2FN2O3S/c12-6-1-5(14)2-7(13)9(6)15-11(19)16-4-20-3-8(16)10(17)18/h1-2,8H,3-4H2,(H,15,19)(H,17,18)/t8-/m0/s1. The quantitative estimate of drug-likeness (QED) is 0.869. The van der Waals surface area contributed by atoms with E-state index in [1.54, 1.807) is 0 Å². The Balaban J connectivity index is 2.18. The minimum absolute atomic E-state index is 0.0536. The number of carboxylic acids is 1. The number of nitrogens with zero attached hydrogens (tertiary/aromatic N) is 1. The van der Waals surface area contributed by atoms with E-state index in [9.17, 15) is 14.0 Å². The van der Waals surface area contributed by atoms with Gasteiger partial charge >= 0.3 is 12.0 Å². The lowest BCUT2D eigenvalue weighted by atomic mass is 10.3. The first-order valence-electron chi connectivity index (χ1n) is 5.43. The van der Waals surface area contributed by atoms with Crippen LogP contribution in [0.4, 0.5) is 14.9 Å². The summed E-state index contributed by atoms with van der Waals surface area (Å²) in [4.78, 5) is 24.2. The van der Waals surface area contributed by atoms with Crippen LogP contribution in [0.1, 0.15) is 0 Å².